The van der Waals surface area contributed by atoms with Crippen LogP contribution in [0.2, 0.25) is 0 Å². The summed E-state index contributed by atoms with van der Waals surface area (Å²) in [4.78, 5) is 8.60. The molecule has 0 saturated heterocycles. The number of fused-ring (bicyclic) bond motifs is 3. The lowest BCUT2D eigenvalue weighted by Gasteiger charge is -2.13. The predicted molar refractivity (Wildman–Crippen MR) is 130 cm³/mol. The van der Waals surface area contributed by atoms with Crippen LogP contribution >= 0.6 is 0 Å². The van der Waals surface area contributed by atoms with Gasteiger partial charge in [-0.25, -0.2) is 4.98 Å². The molecular weight excluding hydrogens is 376 g/mol. The number of aromatic amines is 1. The second kappa shape index (κ2) is 7.26. The van der Waals surface area contributed by atoms with Gasteiger partial charge < -0.3 is 4.98 Å². The van der Waals surface area contributed by atoms with Crippen LogP contribution in [0.15, 0.2) is 115 Å². The molecule has 4 aromatic carbocycles. The number of H-pyrrole nitrogens is 1. The zero-order chi connectivity index (χ0) is 20.6. The van der Waals surface area contributed by atoms with Gasteiger partial charge in [-0.3, -0.25) is 0 Å². The van der Waals surface area contributed by atoms with Gasteiger partial charge in [-0.1, -0.05) is 91.0 Å². The minimum absolute atomic E-state index is 1.01. The van der Waals surface area contributed by atoms with Gasteiger partial charge in [0.05, 0.1) is 11.2 Å². The first-order chi connectivity index (χ1) is 15.4. The van der Waals surface area contributed by atoms with Gasteiger partial charge in [-0.15, -0.1) is 0 Å². The molecule has 2 heterocycles. The maximum atomic E-state index is 4.93. The number of hydrogen-bond acceptors (Lipinski definition) is 1. The third kappa shape index (κ3) is 3.10. The largest absolute Gasteiger partial charge is 0.354 e. The molecular formula is C29H20N2. The van der Waals surface area contributed by atoms with Gasteiger partial charge in [-0.2, -0.15) is 0 Å². The molecule has 6 aromatic rings. The number of nitrogens with zero attached hydrogens (tertiary/aromatic N) is 1. The minimum Gasteiger partial charge on any atom is -0.354 e. The standard InChI is InChI=1S/C29H20N2/c1-4-10-20(11-5-1)23-18-27(21-12-6-2-7-13-21)31-26-17-16-25-24(29(23)26)19-28(30-25)22-14-8-3-9-15-22/h1-19,31H. The summed E-state index contributed by atoms with van der Waals surface area (Å²) in [7, 11) is 0. The Labute approximate surface area is 180 Å². The highest BCUT2D eigenvalue weighted by molar-refractivity contribution is 6.14. The van der Waals surface area contributed by atoms with Gasteiger partial charge >= 0.3 is 0 Å². The molecule has 0 atom stereocenters. The van der Waals surface area contributed by atoms with E-state index < -0.39 is 0 Å². The Kier molecular flexibility index (Phi) is 4.14. The monoisotopic (exact) mass is 396 g/mol. The van der Waals surface area contributed by atoms with Crippen LogP contribution in [0.3, 0.4) is 0 Å². The minimum atomic E-state index is 1.01. The highest BCUT2D eigenvalue weighted by atomic mass is 14.7. The number of rotatable bonds is 3. The van der Waals surface area contributed by atoms with E-state index in [1.165, 1.54) is 27.5 Å². The Hall–Kier alpha value is -4.17. The molecule has 0 unspecified atom stereocenters. The van der Waals surface area contributed by atoms with E-state index in [0.29, 0.717) is 0 Å². The molecule has 0 aliphatic carbocycles. The van der Waals surface area contributed by atoms with Crippen molar-refractivity contribution in [3.63, 3.8) is 0 Å². The molecule has 6 rings (SSSR count). The van der Waals surface area contributed by atoms with Crippen LogP contribution in [0, 0.1) is 0 Å². The Balaban J connectivity index is 1.68. The van der Waals surface area contributed by atoms with Crippen molar-refractivity contribution in [1.29, 1.82) is 0 Å². The third-order valence-electron chi connectivity index (χ3n) is 5.81. The summed E-state index contributed by atoms with van der Waals surface area (Å²) in [5, 5.41) is 2.38. The Bertz CT molecular complexity index is 1500. The first-order valence-electron chi connectivity index (χ1n) is 10.5. The average Bonchev–Trinajstić information content (AvgIpc) is 3.30. The van der Waals surface area contributed by atoms with Crippen molar-refractivity contribution in [2.75, 3.05) is 0 Å². The van der Waals surface area contributed by atoms with Crippen LogP contribution in [0.5, 0.6) is 0 Å². The summed E-state index contributed by atoms with van der Waals surface area (Å²) in [6.07, 6.45) is 0. The summed E-state index contributed by atoms with van der Waals surface area (Å²) >= 11 is 0. The van der Waals surface area contributed by atoms with Crippen LogP contribution < -0.4 is 0 Å². The second-order valence-electron chi connectivity index (χ2n) is 7.76. The molecule has 31 heavy (non-hydrogen) atoms. The maximum absolute atomic E-state index is 4.93. The normalized spacial score (nSPS) is 11.2. The molecule has 0 aliphatic rings. The highest BCUT2D eigenvalue weighted by Gasteiger charge is 2.14. The van der Waals surface area contributed by atoms with E-state index in [9.17, 15) is 0 Å². The number of aromatic nitrogens is 2. The summed E-state index contributed by atoms with van der Waals surface area (Å²) < 4.78 is 0. The van der Waals surface area contributed by atoms with Crippen molar-refractivity contribution < 1.29 is 0 Å². The predicted octanol–water partition coefficient (Wildman–Crippen LogP) is 7.72. The molecule has 1 N–H and O–H groups in total. The maximum Gasteiger partial charge on any atom is 0.0718 e. The Morgan fingerprint density at radius 1 is 0.548 bits per heavy atom. The lowest BCUT2D eigenvalue weighted by Crippen LogP contribution is -1.90. The van der Waals surface area contributed by atoms with Gasteiger partial charge in [-0.05, 0) is 41.0 Å². The number of hydrogen-bond donors (Lipinski definition) is 1. The fourth-order valence-corrected chi connectivity index (χ4v) is 4.32. The van der Waals surface area contributed by atoms with E-state index in [2.05, 4.69) is 108 Å². The van der Waals surface area contributed by atoms with Gasteiger partial charge in [0.1, 0.15) is 0 Å². The zero-order valence-electron chi connectivity index (χ0n) is 16.9. The molecule has 0 amide bonds. The SMILES string of the molecule is c1ccc(-c2cc3c(ccc4[nH]c(-c5ccccc5)cc(-c5ccccc5)c43)n2)cc1. The molecule has 0 saturated carbocycles. The number of benzene rings is 4. The average molecular weight is 396 g/mol. The van der Waals surface area contributed by atoms with Crippen LogP contribution in [0.4, 0.5) is 0 Å². The Morgan fingerprint density at radius 2 is 1.16 bits per heavy atom. The fourth-order valence-electron chi connectivity index (χ4n) is 4.32. The van der Waals surface area contributed by atoms with Crippen molar-refractivity contribution in [2.45, 2.75) is 0 Å². The van der Waals surface area contributed by atoms with Crippen molar-refractivity contribution >= 4 is 21.8 Å². The van der Waals surface area contributed by atoms with E-state index in [-0.39, 0.29) is 0 Å². The smallest absolute Gasteiger partial charge is 0.0718 e. The van der Waals surface area contributed by atoms with Gasteiger partial charge in [0.2, 0.25) is 0 Å². The second-order valence-corrected chi connectivity index (χ2v) is 7.76. The Morgan fingerprint density at radius 3 is 1.84 bits per heavy atom. The van der Waals surface area contributed by atoms with Crippen molar-refractivity contribution in [3.05, 3.63) is 115 Å². The topological polar surface area (TPSA) is 28.7 Å². The first kappa shape index (κ1) is 17.7. The molecule has 2 heteroatoms. The van der Waals surface area contributed by atoms with Gasteiger partial charge in [0.25, 0.3) is 0 Å². The summed E-state index contributed by atoms with van der Waals surface area (Å²) in [6.45, 7) is 0. The van der Waals surface area contributed by atoms with Gasteiger partial charge in [0.15, 0.2) is 0 Å². The molecule has 0 fully saturated rings. The molecule has 0 radical (unpaired) electrons. The summed E-state index contributed by atoms with van der Waals surface area (Å²) in [5.74, 6) is 0. The summed E-state index contributed by atoms with van der Waals surface area (Å²) in [5.41, 5.74) is 8.97. The van der Waals surface area contributed by atoms with Gasteiger partial charge in [0, 0.05) is 27.5 Å². The van der Waals surface area contributed by atoms with E-state index in [4.69, 9.17) is 4.98 Å². The zero-order valence-corrected chi connectivity index (χ0v) is 16.9. The lowest BCUT2D eigenvalue weighted by atomic mass is 9.96. The molecule has 2 nitrogen and oxygen atoms in total. The molecule has 0 aliphatic heterocycles. The molecule has 0 bridgehead atoms. The first-order valence-corrected chi connectivity index (χ1v) is 10.5. The number of pyridine rings is 1. The number of nitrogens with one attached hydrogen (secondary N) is 1. The van der Waals surface area contributed by atoms with E-state index in [0.717, 1.165) is 28.0 Å². The quantitative estimate of drug-likeness (QED) is 0.326. The molecule has 146 valence electrons. The fraction of sp³-hybridized carbons (Fsp3) is 0. The molecule has 0 spiro atoms. The highest BCUT2D eigenvalue weighted by Crippen LogP contribution is 2.38. The van der Waals surface area contributed by atoms with Crippen LogP contribution in [-0.2, 0) is 0 Å². The summed E-state index contributed by atoms with van der Waals surface area (Å²) in [6, 6.07) is 40.2. The lowest BCUT2D eigenvalue weighted by molar-refractivity contribution is 1.40. The van der Waals surface area contributed by atoms with Crippen molar-refractivity contribution in [2.24, 2.45) is 0 Å². The molecule has 2 aromatic heterocycles. The van der Waals surface area contributed by atoms with E-state index in [1.54, 1.807) is 0 Å². The van der Waals surface area contributed by atoms with Crippen molar-refractivity contribution in [1.82, 2.24) is 9.97 Å². The van der Waals surface area contributed by atoms with Crippen LogP contribution in [-0.4, -0.2) is 9.97 Å². The third-order valence-corrected chi connectivity index (χ3v) is 5.81. The van der Waals surface area contributed by atoms with E-state index >= 15 is 0 Å². The van der Waals surface area contributed by atoms with Crippen LogP contribution in [0.1, 0.15) is 0 Å². The van der Waals surface area contributed by atoms with E-state index in [1.807, 2.05) is 12.1 Å². The van der Waals surface area contributed by atoms with Crippen molar-refractivity contribution in [3.8, 4) is 33.6 Å². The van der Waals surface area contributed by atoms with Crippen LogP contribution in [0.25, 0.3) is 55.4 Å².